The Morgan fingerprint density at radius 3 is 2.57 bits per heavy atom. The summed E-state index contributed by atoms with van der Waals surface area (Å²) in [6, 6.07) is 9.14. The number of aryl methyl sites for hydroxylation is 2. The summed E-state index contributed by atoms with van der Waals surface area (Å²) in [5.74, 6) is -0.231. The summed E-state index contributed by atoms with van der Waals surface area (Å²) < 4.78 is 2.77. The van der Waals surface area contributed by atoms with Gasteiger partial charge >= 0.3 is 0 Å². The van der Waals surface area contributed by atoms with E-state index in [9.17, 15) is 4.79 Å². The van der Waals surface area contributed by atoms with E-state index in [0.717, 1.165) is 27.1 Å². The molecule has 1 aromatic carbocycles. The maximum absolute atomic E-state index is 12.3. The fourth-order valence-electron chi connectivity index (χ4n) is 2.44. The van der Waals surface area contributed by atoms with Crippen molar-refractivity contribution in [3.63, 3.8) is 0 Å². The van der Waals surface area contributed by atoms with Crippen molar-refractivity contribution in [1.29, 1.82) is 0 Å². The lowest BCUT2D eigenvalue weighted by Gasteiger charge is -2.02. The Labute approximate surface area is 142 Å². The molecule has 3 aromatic rings. The van der Waals surface area contributed by atoms with Gasteiger partial charge < -0.3 is 5.32 Å². The van der Waals surface area contributed by atoms with Crippen molar-refractivity contribution >= 4 is 27.5 Å². The van der Waals surface area contributed by atoms with Gasteiger partial charge in [0.15, 0.2) is 0 Å². The van der Waals surface area contributed by atoms with Gasteiger partial charge in [0.25, 0.3) is 5.91 Å². The predicted octanol–water partition coefficient (Wildman–Crippen LogP) is 3.44. The highest BCUT2D eigenvalue weighted by Gasteiger charge is 2.17. The third kappa shape index (κ3) is 3.05. The number of hydrogen-bond acceptors (Lipinski definition) is 3. The molecule has 0 spiro atoms. The predicted molar refractivity (Wildman–Crippen MR) is 92.4 cm³/mol. The normalized spacial score (nSPS) is 10.8. The van der Waals surface area contributed by atoms with E-state index >= 15 is 0 Å². The fraction of sp³-hybridized carbons (Fsp3) is 0.188. The maximum Gasteiger partial charge on any atom is 0.273 e. The van der Waals surface area contributed by atoms with Crippen molar-refractivity contribution < 1.29 is 4.79 Å². The third-order valence-electron chi connectivity index (χ3n) is 3.69. The molecule has 2 aromatic heterocycles. The number of carbonyl (C=O) groups excluding carboxylic acids is 1. The molecule has 2 N–H and O–H groups in total. The van der Waals surface area contributed by atoms with E-state index in [1.165, 1.54) is 0 Å². The molecule has 1 amide bonds. The van der Waals surface area contributed by atoms with Crippen LogP contribution >= 0.6 is 15.9 Å². The molecule has 0 unspecified atom stereocenters. The van der Waals surface area contributed by atoms with Crippen molar-refractivity contribution in [1.82, 2.24) is 20.0 Å². The molecule has 23 heavy (non-hydrogen) atoms. The fourth-order valence-corrected chi connectivity index (χ4v) is 2.71. The van der Waals surface area contributed by atoms with E-state index in [1.807, 2.05) is 45.2 Å². The first kappa shape index (κ1) is 15.5. The first-order valence-corrected chi connectivity index (χ1v) is 7.88. The van der Waals surface area contributed by atoms with Crippen molar-refractivity contribution in [3.8, 4) is 11.3 Å². The minimum absolute atomic E-state index is 0.231. The van der Waals surface area contributed by atoms with Crippen LogP contribution in [0.1, 0.15) is 21.9 Å². The topological polar surface area (TPSA) is 75.6 Å². The van der Waals surface area contributed by atoms with E-state index in [1.54, 1.807) is 10.7 Å². The van der Waals surface area contributed by atoms with E-state index < -0.39 is 0 Å². The van der Waals surface area contributed by atoms with Gasteiger partial charge in [0.05, 0.1) is 11.4 Å². The lowest BCUT2D eigenvalue weighted by molar-refractivity contribution is 0.102. The van der Waals surface area contributed by atoms with Gasteiger partial charge in [-0.15, -0.1) is 0 Å². The Balaban J connectivity index is 1.84. The molecule has 0 atom stereocenters. The quantitative estimate of drug-likeness (QED) is 0.738. The lowest BCUT2D eigenvalue weighted by atomic mass is 10.1. The van der Waals surface area contributed by atoms with Crippen LogP contribution in [0, 0.1) is 13.8 Å². The number of rotatable bonds is 3. The first-order chi connectivity index (χ1) is 11.0. The van der Waals surface area contributed by atoms with Gasteiger partial charge in [-0.2, -0.15) is 10.2 Å². The minimum atomic E-state index is -0.231. The number of carbonyl (C=O) groups is 1. The number of anilines is 1. The van der Waals surface area contributed by atoms with Gasteiger partial charge in [-0.05, 0) is 44.2 Å². The Hall–Kier alpha value is -2.41. The molecule has 0 bridgehead atoms. The largest absolute Gasteiger partial charge is 0.321 e. The molecule has 0 fully saturated rings. The molecule has 3 rings (SSSR count). The van der Waals surface area contributed by atoms with Crippen molar-refractivity contribution in [2.24, 2.45) is 7.05 Å². The van der Waals surface area contributed by atoms with Crippen molar-refractivity contribution in [2.75, 3.05) is 5.32 Å². The number of benzene rings is 1. The molecule has 0 aliphatic carbocycles. The molecule has 0 radical (unpaired) electrons. The number of nitrogens with one attached hydrogen (secondary N) is 2. The van der Waals surface area contributed by atoms with Crippen LogP contribution in [0.5, 0.6) is 0 Å². The smallest absolute Gasteiger partial charge is 0.273 e. The Kier molecular flexibility index (Phi) is 4.04. The first-order valence-electron chi connectivity index (χ1n) is 7.08. The van der Waals surface area contributed by atoms with Crippen LogP contribution in [0.4, 0.5) is 5.69 Å². The number of H-pyrrole nitrogens is 1. The molecule has 0 saturated carbocycles. The van der Waals surface area contributed by atoms with E-state index in [4.69, 9.17) is 0 Å². The second-order valence-electron chi connectivity index (χ2n) is 5.30. The molecular formula is C16H16BrN5O. The van der Waals surface area contributed by atoms with Gasteiger partial charge in [0.1, 0.15) is 5.69 Å². The van der Waals surface area contributed by atoms with E-state index in [2.05, 4.69) is 36.5 Å². The minimum Gasteiger partial charge on any atom is -0.321 e. The molecule has 7 heteroatoms. The van der Waals surface area contributed by atoms with E-state index in [-0.39, 0.29) is 5.91 Å². The average molecular weight is 374 g/mol. The highest BCUT2D eigenvalue weighted by molar-refractivity contribution is 9.10. The molecule has 6 nitrogen and oxygen atoms in total. The second kappa shape index (κ2) is 6.00. The molecule has 0 aliphatic rings. The number of nitrogens with zero attached hydrogens (tertiary/aromatic N) is 3. The van der Waals surface area contributed by atoms with Gasteiger partial charge in [-0.25, -0.2) is 0 Å². The van der Waals surface area contributed by atoms with Crippen molar-refractivity contribution in [3.05, 3.63) is 51.9 Å². The highest BCUT2D eigenvalue weighted by atomic mass is 79.9. The summed E-state index contributed by atoms with van der Waals surface area (Å²) >= 11 is 3.36. The van der Waals surface area contributed by atoms with Gasteiger partial charge in [-0.3, -0.25) is 14.6 Å². The summed E-state index contributed by atoms with van der Waals surface area (Å²) in [6.07, 6.45) is 0. The Morgan fingerprint density at radius 1 is 1.26 bits per heavy atom. The van der Waals surface area contributed by atoms with Crippen LogP contribution in [0.2, 0.25) is 0 Å². The molecule has 2 heterocycles. The molecule has 0 saturated heterocycles. The Morgan fingerprint density at radius 2 is 1.96 bits per heavy atom. The third-order valence-corrected chi connectivity index (χ3v) is 4.22. The second-order valence-corrected chi connectivity index (χ2v) is 6.21. The summed E-state index contributed by atoms with van der Waals surface area (Å²) in [6.45, 7) is 3.91. The summed E-state index contributed by atoms with van der Waals surface area (Å²) in [5.41, 5.74) is 4.69. The zero-order chi connectivity index (χ0) is 16.6. The van der Waals surface area contributed by atoms with Crippen LogP contribution in [0.25, 0.3) is 11.3 Å². The highest BCUT2D eigenvalue weighted by Crippen LogP contribution is 2.25. The number of hydrogen-bond donors (Lipinski definition) is 2. The van der Waals surface area contributed by atoms with Crippen LogP contribution in [-0.2, 0) is 7.05 Å². The standard InChI is InChI=1S/C16H16BrN5O/c1-9-15(10(2)22(3)21-9)13-8-14(20-19-13)16(23)18-12-6-4-11(17)5-7-12/h4-8H,1-3H3,(H,18,23)(H,19,20). The molecule has 0 aliphatic heterocycles. The number of amides is 1. The van der Waals surface area contributed by atoms with Crippen LogP contribution in [0.15, 0.2) is 34.8 Å². The van der Waals surface area contributed by atoms with Crippen LogP contribution in [0.3, 0.4) is 0 Å². The van der Waals surface area contributed by atoms with Gasteiger partial charge in [0, 0.05) is 28.5 Å². The monoisotopic (exact) mass is 373 g/mol. The lowest BCUT2D eigenvalue weighted by Crippen LogP contribution is -2.12. The number of aromatic amines is 1. The number of aromatic nitrogens is 4. The van der Waals surface area contributed by atoms with Gasteiger partial charge in [-0.1, -0.05) is 15.9 Å². The van der Waals surface area contributed by atoms with Crippen LogP contribution in [-0.4, -0.2) is 25.9 Å². The average Bonchev–Trinajstić information content (AvgIpc) is 3.07. The maximum atomic E-state index is 12.3. The van der Waals surface area contributed by atoms with Crippen molar-refractivity contribution in [2.45, 2.75) is 13.8 Å². The SMILES string of the molecule is Cc1nn(C)c(C)c1-c1cc(C(=O)Nc2ccc(Br)cc2)[nH]n1. The zero-order valence-electron chi connectivity index (χ0n) is 13.0. The van der Waals surface area contributed by atoms with Crippen LogP contribution < -0.4 is 5.32 Å². The molecule has 118 valence electrons. The number of halogens is 1. The molecular weight excluding hydrogens is 358 g/mol. The summed E-state index contributed by atoms with van der Waals surface area (Å²) in [7, 11) is 1.89. The summed E-state index contributed by atoms with van der Waals surface area (Å²) in [4.78, 5) is 12.3. The Bertz CT molecular complexity index is 863. The van der Waals surface area contributed by atoms with Gasteiger partial charge in [0.2, 0.25) is 0 Å². The zero-order valence-corrected chi connectivity index (χ0v) is 14.6. The van der Waals surface area contributed by atoms with E-state index in [0.29, 0.717) is 11.4 Å². The summed E-state index contributed by atoms with van der Waals surface area (Å²) in [5, 5.41) is 14.3.